The van der Waals surface area contributed by atoms with Crippen molar-refractivity contribution in [2.75, 3.05) is 6.54 Å². The molecule has 30 heavy (non-hydrogen) atoms. The van der Waals surface area contributed by atoms with Crippen molar-refractivity contribution < 1.29 is 24.3 Å². The number of rotatable bonds is 8. The van der Waals surface area contributed by atoms with Crippen LogP contribution in [0.5, 0.6) is 0 Å². The molecule has 9 heteroatoms. The van der Waals surface area contributed by atoms with E-state index in [1.54, 1.807) is 19.1 Å². The van der Waals surface area contributed by atoms with Gasteiger partial charge in [0.2, 0.25) is 11.8 Å². The normalized spacial score (nSPS) is 22.3. The zero-order valence-electron chi connectivity index (χ0n) is 17.9. The number of hydrogen-bond donors (Lipinski definition) is 4. The number of aliphatic carboxylic acids is 1. The van der Waals surface area contributed by atoms with Crippen molar-refractivity contribution in [2.45, 2.75) is 83.3 Å². The molecule has 1 saturated carbocycles. The molecule has 2 rings (SSSR count). The molecule has 3 atom stereocenters. The van der Waals surface area contributed by atoms with E-state index in [1.807, 2.05) is 6.92 Å². The van der Waals surface area contributed by atoms with Crippen LogP contribution in [-0.4, -0.2) is 58.5 Å². The van der Waals surface area contributed by atoms with Gasteiger partial charge < -0.3 is 15.7 Å². The number of hydrazine groups is 1. The SMILES string of the molecule is C/C=C/CC(=O)N[C@H](C(=O)N[C@@H](C)C(=O)N1CCC[C@@H](C(=O)O)N1)C1CCCCC1. The summed E-state index contributed by atoms with van der Waals surface area (Å²) in [5, 5.41) is 16.0. The van der Waals surface area contributed by atoms with Gasteiger partial charge in [-0.1, -0.05) is 31.4 Å². The van der Waals surface area contributed by atoms with Crippen molar-refractivity contribution in [1.82, 2.24) is 21.1 Å². The van der Waals surface area contributed by atoms with E-state index in [1.165, 1.54) is 5.01 Å². The van der Waals surface area contributed by atoms with Crippen molar-refractivity contribution in [3.8, 4) is 0 Å². The highest BCUT2D eigenvalue weighted by Gasteiger charge is 2.34. The van der Waals surface area contributed by atoms with Crippen LogP contribution in [0.2, 0.25) is 0 Å². The third-order valence-corrected chi connectivity index (χ3v) is 5.74. The molecule has 1 aliphatic heterocycles. The van der Waals surface area contributed by atoms with Gasteiger partial charge >= 0.3 is 5.97 Å². The van der Waals surface area contributed by atoms with E-state index in [0.717, 1.165) is 32.1 Å². The van der Waals surface area contributed by atoms with E-state index in [0.29, 0.717) is 19.4 Å². The fourth-order valence-corrected chi connectivity index (χ4v) is 4.04. The Morgan fingerprint density at radius 2 is 1.80 bits per heavy atom. The summed E-state index contributed by atoms with van der Waals surface area (Å²) in [5.41, 5.74) is 2.71. The summed E-state index contributed by atoms with van der Waals surface area (Å²) in [5.74, 6) is -1.95. The van der Waals surface area contributed by atoms with E-state index in [-0.39, 0.29) is 24.2 Å². The summed E-state index contributed by atoms with van der Waals surface area (Å²) >= 11 is 0. The molecule has 9 nitrogen and oxygen atoms in total. The van der Waals surface area contributed by atoms with Crippen molar-refractivity contribution in [3.05, 3.63) is 12.2 Å². The molecule has 1 aliphatic carbocycles. The minimum absolute atomic E-state index is 0.0418. The van der Waals surface area contributed by atoms with Gasteiger partial charge in [0.1, 0.15) is 18.1 Å². The van der Waals surface area contributed by atoms with Crippen molar-refractivity contribution >= 4 is 23.7 Å². The maximum absolute atomic E-state index is 13.0. The highest BCUT2D eigenvalue weighted by Crippen LogP contribution is 2.27. The van der Waals surface area contributed by atoms with Gasteiger partial charge in [-0.2, -0.15) is 0 Å². The second-order valence-corrected chi connectivity index (χ2v) is 8.10. The Labute approximate surface area is 177 Å². The zero-order valence-corrected chi connectivity index (χ0v) is 17.9. The van der Waals surface area contributed by atoms with Gasteiger partial charge in [-0.3, -0.25) is 24.2 Å². The standard InChI is InChI=1S/C21H34N4O5/c1-3-4-12-17(26)23-18(15-9-6-5-7-10-15)19(27)22-14(2)20(28)25-13-8-11-16(24-25)21(29)30/h3-4,14-16,18,24H,5-13H2,1-2H3,(H,22,27)(H,23,26)(H,29,30)/b4-3+/t14-,16-,18-/m0/s1. The lowest BCUT2D eigenvalue weighted by Gasteiger charge is -2.34. The lowest BCUT2D eigenvalue weighted by Crippen LogP contribution is -2.61. The average Bonchev–Trinajstić information content (AvgIpc) is 2.75. The summed E-state index contributed by atoms with van der Waals surface area (Å²) in [7, 11) is 0. The number of amides is 3. The number of nitrogens with zero attached hydrogens (tertiary/aromatic N) is 1. The molecule has 4 N–H and O–H groups in total. The molecule has 3 amide bonds. The fourth-order valence-electron chi connectivity index (χ4n) is 4.04. The smallest absolute Gasteiger partial charge is 0.322 e. The molecule has 0 unspecified atom stereocenters. The van der Waals surface area contributed by atoms with Crippen molar-refractivity contribution in [3.63, 3.8) is 0 Å². The van der Waals surface area contributed by atoms with Gasteiger partial charge in [0.05, 0.1) is 0 Å². The van der Waals surface area contributed by atoms with Gasteiger partial charge in [-0.25, -0.2) is 5.43 Å². The van der Waals surface area contributed by atoms with Crippen LogP contribution >= 0.6 is 0 Å². The Balaban J connectivity index is 2.00. The number of carboxylic acids is 1. The molecule has 2 fully saturated rings. The summed E-state index contributed by atoms with van der Waals surface area (Å²) in [6.45, 7) is 3.79. The second kappa shape index (κ2) is 11.7. The molecule has 1 heterocycles. The Hall–Kier alpha value is -2.42. The van der Waals surface area contributed by atoms with Crippen molar-refractivity contribution in [2.24, 2.45) is 5.92 Å². The molecule has 1 saturated heterocycles. The van der Waals surface area contributed by atoms with Crippen LogP contribution in [0, 0.1) is 5.92 Å². The number of hydrogen-bond acceptors (Lipinski definition) is 5. The number of allylic oxidation sites excluding steroid dienone is 1. The molecular formula is C21H34N4O5. The molecule has 0 aromatic heterocycles. The van der Waals surface area contributed by atoms with Gasteiger partial charge in [-0.05, 0) is 45.4 Å². The number of carboxylic acid groups (broad SMARTS) is 1. The molecule has 0 aromatic rings. The second-order valence-electron chi connectivity index (χ2n) is 8.10. The predicted octanol–water partition coefficient (Wildman–Crippen LogP) is 1.10. The molecule has 0 spiro atoms. The first-order valence-electron chi connectivity index (χ1n) is 10.8. The highest BCUT2D eigenvalue weighted by atomic mass is 16.4. The lowest BCUT2D eigenvalue weighted by molar-refractivity contribution is -0.148. The van der Waals surface area contributed by atoms with Crippen LogP contribution < -0.4 is 16.1 Å². The Morgan fingerprint density at radius 3 is 2.43 bits per heavy atom. The summed E-state index contributed by atoms with van der Waals surface area (Å²) in [4.78, 5) is 49.2. The topological polar surface area (TPSA) is 128 Å². The minimum atomic E-state index is -1.01. The number of carbonyl (C=O) groups is 4. The maximum atomic E-state index is 13.0. The number of nitrogens with one attached hydrogen (secondary N) is 3. The monoisotopic (exact) mass is 422 g/mol. The van der Waals surface area contributed by atoms with Gasteiger partial charge in [0, 0.05) is 13.0 Å². The average molecular weight is 423 g/mol. The van der Waals surface area contributed by atoms with Gasteiger partial charge in [0.25, 0.3) is 5.91 Å². The van der Waals surface area contributed by atoms with E-state index >= 15 is 0 Å². The quantitative estimate of drug-likeness (QED) is 0.434. The van der Waals surface area contributed by atoms with Crippen LogP contribution in [0.1, 0.15) is 65.2 Å². The number of carbonyl (C=O) groups excluding carboxylic acids is 3. The van der Waals surface area contributed by atoms with Gasteiger partial charge in [0.15, 0.2) is 0 Å². The summed E-state index contributed by atoms with van der Waals surface area (Å²) < 4.78 is 0. The molecule has 2 aliphatic rings. The Kier molecular flexibility index (Phi) is 9.29. The lowest BCUT2D eigenvalue weighted by atomic mass is 9.83. The first kappa shape index (κ1) is 23.9. The molecule has 0 aromatic carbocycles. The highest BCUT2D eigenvalue weighted by molar-refractivity contribution is 5.92. The van der Waals surface area contributed by atoms with Crippen molar-refractivity contribution in [1.29, 1.82) is 0 Å². The largest absolute Gasteiger partial charge is 0.480 e. The van der Waals surface area contributed by atoms with Gasteiger partial charge in [-0.15, -0.1) is 0 Å². The molecule has 0 radical (unpaired) electrons. The summed E-state index contributed by atoms with van der Waals surface area (Å²) in [6.07, 6.45) is 9.61. The fraction of sp³-hybridized carbons (Fsp3) is 0.714. The van der Waals surface area contributed by atoms with Crippen LogP contribution in [-0.2, 0) is 19.2 Å². The third-order valence-electron chi connectivity index (χ3n) is 5.74. The Morgan fingerprint density at radius 1 is 1.10 bits per heavy atom. The minimum Gasteiger partial charge on any atom is -0.480 e. The molecule has 0 bridgehead atoms. The van der Waals surface area contributed by atoms with Crippen LogP contribution in [0.3, 0.4) is 0 Å². The van der Waals surface area contributed by atoms with Crippen LogP contribution in [0.25, 0.3) is 0 Å². The van der Waals surface area contributed by atoms with E-state index in [2.05, 4.69) is 16.1 Å². The third kappa shape index (κ3) is 6.83. The first-order valence-corrected chi connectivity index (χ1v) is 10.8. The molecule has 168 valence electrons. The summed E-state index contributed by atoms with van der Waals surface area (Å²) in [6, 6.07) is -2.33. The van der Waals surface area contributed by atoms with Crippen LogP contribution in [0.4, 0.5) is 0 Å². The first-order chi connectivity index (χ1) is 14.3. The Bertz CT molecular complexity index is 660. The molecular weight excluding hydrogens is 388 g/mol. The van der Waals surface area contributed by atoms with E-state index in [4.69, 9.17) is 5.11 Å². The van der Waals surface area contributed by atoms with E-state index < -0.39 is 30.0 Å². The van der Waals surface area contributed by atoms with E-state index in [9.17, 15) is 19.2 Å². The predicted molar refractivity (Wildman–Crippen MR) is 111 cm³/mol. The zero-order chi connectivity index (χ0) is 22.1. The maximum Gasteiger partial charge on any atom is 0.322 e. The van der Waals surface area contributed by atoms with Crippen LogP contribution in [0.15, 0.2) is 12.2 Å².